The van der Waals surface area contributed by atoms with Crippen molar-refractivity contribution in [3.63, 3.8) is 0 Å². The molecule has 0 atom stereocenters. The van der Waals surface area contributed by atoms with Gasteiger partial charge in [0.1, 0.15) is 0 Å². The first kappa shape index (κ1) is 25.4. The zero-order chi connectivity index (χ0) is 24.9. The molecule has 6 rings (SSSR count). The van der Waals surface area contributed by atoms with E-state index in [9.17, 15) is 0 Å². The molecule has 4 aromatic rings. The largest absolute Gasteiger partial charge is 4.00 e. The Hall–Kier alpha value is -3.27. The molecule has 0 bridgehead atoms. The smallest absolute Gasteiger partial charge is 0.510 e. The van der Waals surface area contributed by atoms with E-state index in [1.54, 1.807) is 0 Å². The first-order valence-electron chi connectivity index (χ1n) is 12.1. The second-order valence-corrected chi connectivity index (χ2v) is 9.73. The Balaban J connectivity index is 0.00000280. The number of hydrogen-bond donors (Lipinski definition) is 0. The van der Waals surface area contributed by atoms with Gasteiger partial charge in [0.05, 0.1) is 0 Å². The van der Waals surface area contributed by atoms with Gasteiger partial charge in [0.25, 0.3) is 0 Å². The Bertz CT molecular complexity index is 1470. The Labute approximate surface area is 233 Å². The SMILES string of the molecule is CN1C=CN(c2[c-]c(Oc3[c-]c(N4[CH-]N(C)C(C)(C)c5ccccc54)ccc3)cc3ccccc23)[CH-]1.[Pt+4]. The minimum atomic E-state index is -0.104. The van der Waals surface area contributed by atoms with E-state index in [4.69, 9.17) is 4.74 Å². The second-order valence-electron chi connectivity index (χ2n) is 9.73. The van der Waals surface area contributed by atoms with Crippen molar-refractivity contribution in [1.82, 2.24) is 9.80 Å². The summed E-state index contributed by atoms with van der Waals surface area (Å²) in [4.78, 5) is 8.48. The fourth-order valence-corrected chi connectivity index (χ4v) is 4.76. The van der Waals surface area contributed by atoms with Crippen molar-refractivity contribution in [3.05, 3.63) is 116 Å². The number of hydrogen-bond acceptors (Lipinski definition) is 5. The maximum atomic E-state index is 6.36. The molecule has 2 aliphatic heterocycles. The Morgan fingerprint density at radius 1 is 0.811 bits per heavy atom. The van der Waals surface area contributed by atoms with Crippen LogP contribution in [0.15, 0.2) is 85.2 Å². The molecular formula is C31H28N4OPt. The molecule has 4 aromatic carbocycles. The predicted molar refractivity (Wildman–Crippen MR) is 145 cm³/mol. The van der Waals surface area contributed by atoms with E-state index in [1.165, 1.54) is 5.56 Å². The summed E-state index contributed by atoms with van der Waals surface area (Å²) in [5.41, 5.74) is 4.17. The third-order valence-corrected chi connectivity index (χ3v) is 7.00. The van der Waals surface area contributed by atoms with Crippen LogP contribution in [-0.4, -0.2) is 23.9 Å². The van der Waals surface area contributed by atoms with Gasteiger partial charge in [-0.05, 0) is 52.0 Å². The van der Waals surface area contributed by atoms with Crippen LogP contribution in [0, 0.1) is 25.5 Å². The molecule has 0 aromatic heterocycles. The topological polar surface area (TPSA) is 22.2 Å². The first-order valence-corrected chi connectivity index (χ1v) is 12.1. The number of nitrogens with zero attached hydrogens (tertiary/aromatic N) is 4. The average molecular weight is 668 g/mol. The monoisotopic (exact) mass is 667 g/mol. The van der Waals surface area contributed by atoms with Gasteiger partial charge in [0.2, 0.25) is 0 Å². The van der Waals surface area contributed by atoms with Crippen molar-refractivity contribution in [2.24, 2.45) is 0 Å². The summed E-state index contributed by atoms with van der Waals surface area (Å²) in [5, 5.41) is 2.21. The molecule has 0 saturated heterocycles. The van der Waals surface area contributed by atoms with Crippen molar-refractivity contribution in [2.75, 3.05) is 23.9 Å². The summed E-state index contributed by atoms with van der Waals surface area (Å²) in [6, 6.07) is 31.8. The van der Waals surface area contributed by atoms with Crippen molar-refractivity contribution < 1.29 is 25.8 Å². The van der Waals surface area contributed by atoms with Crippen molar-refractivity contribution in [3.8, 4) is 11.5 Å². The van der Waals surface area contributed by atoms with E-state index in [2.05, 4.69) is 96.9 Å². The molecule has 0 amide bonds. The van der Waals surface area contributed by atoms with E-state index in [0.717, 1.165) is 27.8 Å². The first-order chi connectivity index (χ1) is 17.4. The maximum absolute atomic E-state index is 6.36. The Morgan fingerprint density at radius 3 is 2.41 bits per heavy atom. The van der Waals surface area contributed by atoms with Crippen molar-refractivity contribution in [1.29, 1.82) is 0 Å². The molecule has 188 valence electrons. The molecular weight excluding hydrogens is 639 g/mol. The molecule has 37 heavy (non-hydrogen) atoms. The van der Waals surface area contributed by atoms with Gasteiger partial charge in [-0.1, -0.05) is 42.1 Å². The molecule has 0 aliphatic carbocycles. The zero-order valence-electron chi connectivity index (χ0n) is 21.3. The van der Waals surface area contributed by atoms with Gasteiger partial charge in [-0.3, -0.25) is 0 Å². The summed E-state index contributed by atoms with van der Waals surface area (Å²) in [5.74, 6) is 1.29. The van der Waals surface area contributed by atoms with E-state index in [-0.39, 0.29) is 26.6 Å². The fraction of sp³-hybridized carbons (Fsp3) is 0.161. The van der Waals surface area contributed by atoms with E-state index in [0.29, 0.717) is 11.5 Å². The van der Waals surface area contributed by atoms with Gasteiger partial charge in [0, 0.05) is 22.7 Å². The molecule has 2 aliphatic rings. The van der Waals surface area contributed by atoms with Gasteiger partial charge in [0.15, 0.2) is 0 Å². The van der Waals surface area contributed by atoms with E-state index < -0.39 is 0 Å². The van der Waals surface area contributed by atoms with Crippen LogP contribution in [-0.2, 0) is 26.6 Å². The molecule has 0 saturated carbocycles. The number of benzene rings is 4. The number of ether oxygens (including phenoxy) is 1. The second kappa shape index (κ2) is 9.89. The Kier molecular flexibility index (Phi) is 6.78. The van der Waals surface area contributed by atoms with Crippen LogP contribution in [0.3, 0.4) is 0 Å². The van der Waals surface area contributed by atoms with Crippen LogP contribution in [0.4, 0.5) is 17.1 Å². The summed E-state index contributed by atoms with van der Waals surface area (Å²) in [6.45, 7) is 8.63. The van der Waals surface area contributed by atoms with E-state index >= 15 is 0 Å². The van der Waals surface area contributed by atoms with Crippen LogP contribution in [0.5, 0.6) is 11.5 Å². The molecule has 0 radical (unpaired) electrons. The number of anilines is 3. The third-order valence-electron chi connectivity index (χ3n) is 7.00. The summed E-state index contributed by atoms with van der Waals surface area (Å²) < 4.78 is 6.36. The predicted octanol–water partition coefficient (Wildman–Crippen LogP) is 7.01. The van der Waals surface area contributed by atoms with Crippen LogP contribution < -0.4 is 14.5 Å². The van der Waals surface area contributed by atoms with Crippen LogP contribution in [0.2, 0.25) is 0 Å². The van der Waals surface area contributed by atoms with Gasteiger partial charge in [-0.15, -0.1) is 52.9 Å². The average Bonchev–Trinajstić information content (AvgIpc) is 3.32. The van der Waals surface area contributed by atoms with Gasteiger partial charge >= 0.3 is 21.1 Å². The number of rotatable bonds is 4. The minimum absolute atomic E-state index is 0. The summed E-state index contributed by atoms with van der Waals surface area (Å²) in [7, 11) is 4.11. The number of para-hydroxylation sites is 1. The summed E-state index contributed by atoms with van der Waals surface area (Å²) >= 11 is 0. The normalized spacial score (nSPS) is 16.6. The molecule has 0 spiro atoms. The van der Waals surface area contributed by atoms with Crippen LogP contribution >= 0.6 is 0 Å². The Morgan fingerprint density at radius 2 is 1.59 bits per heavy atom. The molecule has 5 nitrogen and oxygen atoms in total. The van der Waals surface area contributed by atoms with E-state index in [1.807, 2.05) is 61.3 Å². The van der Waals surface area contributed by atoms with Gasteiger partial charge in [-0.25, -0.2) is 0 Å². The molecule has 0 N–H and O–H groups in total. The third kappa shape index (κ3) is 4.63. The van der Waals surface area contributed by atoms with Crippen molar-refractivity contribution in [2.45, 2.75) is 19.4 Å². The van der Waals surface area contributed by atoms with Crippen LogP contribution in [0.1, 0.15) is 19.4 Å². The molecule has 0 fully saturated rings. The van der Waals surface area contributed by atoms with Gasteiger partial charge in [-0.2, -0.15) is 19.4 Å². The maximum Gasteiger partial charge on any atom is 4.00 e. The van der Waals surface area contributed by atoms with Crippen molar-refractivity contribution >= 4 is 27.8 Å². The summed E-state index contributed by atoms with van der Waals surface area (Å²) in [6.07, 6.45) is 4.04. The molecule has 6 heteroatoms. The number of fused-ring (bicyclic) bond motifs is 2. The molecule has 2 heterocycles. The van der Waals surface area contributed by atoms with Crippen LogP contribution in [0.25, 0.3) is 10.8 Å². The minimum Gasteiger partial charge on any atom is -0.510 e. The quantitative estimate of drug-likeness (QED) is 0.218. The fourth-order valence-electron chi connectivity index (χ4n) is 4.76. The van der Waals surface area contributed by atoms with Gasteiger partial charge < -0.3 is 24.3 Å². The zero-order valence-corrected chi connectivity index (χ0v) is 23.5. The standard InChI is InChI=1S/C31H28N4O.Pt/c1-31(2)28-14-7-8-15-29(28)35(22-33(31)4)24-11-9-12-25(19-24)36-26-18-23-10-5-6-13-27(23)30(20-26)34-17-16-32(3)21-34;/h5-18,21-22H,1-4H3;/q-4;+4. The molecule has 0 unspecified atom stereocenters.